The fourth-order valence-electron chi connectivity index (χ4n) is 2.08. The van der Waals surface area contributed by atoms with E-state index in [4.69, 9.17) is 9.84 Å². The molecule has 1 unspecified atom stereocenters. The quantitative estimate of drug-likeness (QED) is 0.776. The van der Waals surface area contributed by atoms with Crippen molar-refractivity contribution in [3.63, 3.8) is 0 Å². The van der Waals surface area contributed by atoms with E-state index in [9.17, 15) is 0 Å². The number of pyridine rings is 1. The molecule has 2 rings (SSSR count). The summed E-state index contributed by atoms with van der Waals surface area (Å²) in [6.07, 6.45) is 3.55. The van der Waals surface area contributed by atoms with Gasteiger partial charge in [-0.3, -0.25) is 4.98 Å². The van der Waals surface area contributed by atoms with Crippen molar-refractivity contribution < 1.29 is 9.84 Å². The van der Waals surface area contributed by atoms with Crippen LogP contribution < -0.4 is 10.1 Å². The Bertz CT molecular complexity index is 531. The van der Waals surface area contributed by atoms with Gasteiger partial charge in [0.2, 0.25) is 0 Å². The highest BCUT2D eigenvalue weighted by molar-refractivity contribution is 5.79. The molecule has 1 aromatic heterocycles. The molecular weight excluding hydrogens is 252 g/mol. The lowest BCUT2D eigenvalue weighted by Gasteiger charge is -2.18. The lowest BCUT2D eigenvalue weighted by Crippen LogP contribution is -2.36. The highest BCUT2D eigenvalue weighted by Crippen LogP contribution is 2.18. The average molecular weight is 274 g/mol. The Kier molecular flexibility index (Phi) is 5.77. The minimum atomic E-state index is 0.171. The van der Waals surface area contributed by atoms with E-state index in [1.54, 1.807) is 6.20 Å². The van der Waals surface area contributed by atoms with Gasteiger partial charge in [0.1, 0.15) is 12.4 Å². The lowest BCUT2D eigenvalue weighted by molar-refractivity contribution is 0.214. The van der Waals surface area contributed by atoms with Crippen molar-refractivity contribution in [2.45, 2.75) is 25.8 Å². The van der Waals surface area contributed by atoms with Gasteiger partial charge in [-0.05, 0) is 37.6 Å². The van der Waals surface area contributed by atoms with E-state index in [2.05, 4.69) is 17.2 Å². The van der Waals surface area contributed by atoms with E-state index >= 15 is 0 Å². The largest absolute Gasteiger partial charge is 0.492 e. The first kappa shape index (κ1) is 14.8. The molecule has 0 saturated carbocycles. The van der Waals surface area contributed by atoms with Crippen LogP contribution in [-0.4, -0.2) is 35.9 Å². The summed E-state index contributed by atoms with van der Waals surface area (Å²) < 4.78 is 5.81. The van der Waals surface area contributed by atoms with Gasteiger partial charge >= 0.3 is 0 Å². The molecule has 4 heteroatoms. The second-order valence-corrected chi connectivity index (χ2v) is 4.83. The normalized spacial score (nSPS) is 12.5. The van der Waals surface area contributed by atoms with Crippen molar-refractivity contribution in [2.24, 2.45) is 0 Å². The third-order valence-electron chi connectivity index (χ3n) is 3.19. The molecule has 4 nitrogen and oxygen atoms in total. The number of hydrogen-bond donors (Lipinski definition) is 2. The highest BCUT2D eigenvalue weighted by Gasteiger charge is 2.08. The van der Waals surface area contributed by atoms with Crippen molar-refractivity contribution in [2.75, 3.05) is 19.8 Å². The van der Waals surface area contributed by atoms with Gasteiger partial charge in [-0.25, -0.2) is 0 Å². The monoisotopic (exact) mass is 274 g/mol. The number of aliphatic hydroxyl groups is 1. The van der Waals surface area contributed by atoms with Crippen LogP contribution in [0.3, 0.4) is 0 Å². The van der Waals surface area contributed by atoms with E-state index in [1.807, 2.05) is 30.3 Å². The fraction of sp³-hybridized carbons (Fsp3) is 0.438. The summed E-state index contributed by atoms with van der Waals surface area (Å²) in [4.78, 5) is 4.32. The van der Waals surface area contributed by atoms with Gasteiger partial charge in [0.05, 0.1) is 5.52 Å². The molecule has 0 aliphatic carbocycles. The minimum Gasteiger partial charge on any atom is -0.492 e. The maximum Gasteiger partial charge on any atom is 0.121 e. The first-order chi connectivity index (χ1) is 9.83. The van der Waals surface area contributed by atoms with Crippen LogP contribution >= 0.6 is 0 Å². The maximum absolute atomic E-state index is 9.07. The smallest absolute Gasteiger partial charge is 0.121 e. The number of fused-ring (bicyclic) bond motifs is 1. The van der Waals surface area contributed by atoms with Gasteiger partial charge in [-0.2, -0.15) is 0 Å². The van der Waals surface area contributed by atoms with Gasteiger partial charge in [0.25, 0.3) is 0 Å². The van der Waals surface area contributed by atoms with Crippen LogP contribution in [0, 0.1) is 0 Å². The number of benzene rings is 1. The minimum absolute atomic E-state index is 0.171. The number of nitrogens with zero attached hydrogens (tertiary/aromatic N) is 1. The molecule has 0 spiro atoms. The zero-order valence-electron chi connectivity index (χ0n) is 11.9. The molecule has 108 valence electrons. The second kappa shape index (κ2) is 7.82. The summed E-state index contributed by atoms with van der Waals surface area (Å²) in [5.74, 6) is 0.817. The maximum atomic E-state index is 9.07. The number of aliphatic hydroxyl groups excluding tert-OH is 1. The first-order valence-corrected chi connectivity index (χ1v) is 7.15. The average Bonchev–Trinajstić information content (AvgIpc) is 2.50. The molecule has 0 radical (unpaired) electrons. The standard InChI is InChI=1S/C16H22N2O2/c1-2-8-17-14(7-10-19)12-20-15-6-5-13-4-3-9-18-16(13)11-15/h3-6,9,11,14,17,19H,2,7-8,10,12H2,1H3. The van der Waals surface area contributed by atoms with E-state index in [-0.39, 0.29) is 12.6 Å². The molecule has 20 heavy (non-hydrogen) atoms. The van der Waals surface area contributed by atoms with E-state index < -0.39 is 0 Å². The fourth-order valence-corrected chi connectivity index (χ4v) is 2.08. The Morgan fingerprint density at radius 3 is 3.05 bits per heavy atom. The van der Waals surface area contributed by atoms with Crippen LogP contribution in [0.2, 0.25) is 0 Å². The zero-order valence-corrected chi connectivity index (χ0v) is 11.9. The number of hydrogen-bond acceptors (Lipinski definition) is 4. The van der Waals surface area contributed by atoms with Crippen LogP contribution in [0.15, 0.2) is 36.5 Å². The Balaban J connectivity index is 1.96. The predicted octanol–water partition coefficient (Wildman–Crippen LogP) is 2.36. The summed E-state index contributed by atoms with van der Waals surface area (Å²) >= 11 is 0. The van der Waals surface area contributed by atoms with Crippen LogP contribution in [0.1, 0.15) is 19.8 Å². The van der Waals surface area contributed by atoms with Gasteiger partial charge in [0.15, 0.2) is 0 Å². The van der Waals surface area contributed by atoms with E-state index in [0.29, 0.717) is 13.0 Å². The predicted molar refractivity (Wildman–Crippen MR) is 81.0 cm³/mol. The molecule has 1 aromatic carbocycles. The molecule has 2 N–H and O–H groups in total. The Labute approximate surface area is 119 Å². The molecule has 1 heterocycles. The molecule has 0 aliphatic rings. The summed E-state index contributed by atoms with van der Waals surface area (Å²) in [6, 6.07) is 10.1. The van der Waals surface area contributed by atoms with Crippen LogP contribution in [0.5, 0.6) is 5.75 Å². The third-order valence-corrected chi connectivity index (χ3v) is 3.19. The zero-order chi connectivity index (χ0) is 14.2. The summed E-state index contributed by atoms with van der Waals surface area (Å²) in [7, 11) is 0. The summed E-state index contributed by atoms with van der Waals surface area (Å²) in [5, 5.41) is 13.6. The number of rotatable bonds is 8. The van der Waals surface area contributed by atoms with E-state index in [1.165, 1.54) is 0 Å². The third kappa shape index (κ3) is 4.18. The van der Waals surface area contributed by atoms with Gasteiger partial charge in [-0.15, -0.1) is 0 Å². The van der Waals surface area contributed by atoms with Crippen molar-refractivity contribution >= 4 is 10.9 Å². The summed E-state index contributed by atoms with van der Waals surface area (Å²) in [6.45, 7) is 3.79. The molecule has 0 amide bonds. The van der Waals surface area contributed by atoms with Crippen LogP contribution in [-0.2, 0) is 0 Å². The first-order valence-electron chi connectivity index (χ1n) is 7.15. The Hall–Kier alpha value is -1.65. The van der Waals surface area contributed by atoms with Crippen molar-refractivity contribution in [1.29, 1.82) is 0 Å². The Morgan fingerprint density at radius 1 is 1.35 bits per heavy atom. The summed E-state index contributed by atoms with van der Waals surface area (Å²) in [5.41, 5.74) is 0.935. The van der Waals surface area contributed by atoms with Crippen molar-refractivity contribution in [3.05, 3.63) is 36.5 Å². The molecular formula is C16H22N2O2. The highest BCUT2D eigenvalue weighted by atomic mass is 16.5. The van der Waals surface area contributed by atoms with Crippen molar-refractivity contribution in [1.82, 2.24) is 10.3 Å². The molecule has 2 aromatic rings. The number of ether oxygens (including phenoxy) is 1. The van der Waals surface area contributed by atoms with E-state index in [0.717, 1.165) is 29.6 Å². The van der Waals surface area contributed by atoms with Crippen LogP contribution in [0.25, 0.3) is 10.9 Å². The van der Waals surface area contributed by atoms with Crippen molar-refractivity contribution in [3.8, 4) is 5.75 Å². The molecule has 0 saturated heterocycles. The lowest BCUT2D eigenvalue weighted by atomic mass is 10.2. The second-order valence-electron chi connectivity index (χ2n) is 4.83. The van der Waals surface area contributed by atoms with Crippen LogP contribution in [0.4, 0.5) is 0 Å². The topological polar surface area (TPSA) is 54.4 Å². The molecule has 0 fully saturated rings. The number of aromatic nitrogens is 1. The number of nitrogens with one attached hydrogen (secondary N) is 1. The van der Waals surface area contributed by atoms with Gasteiger partial charge < -0.3 is 15.2 Å². The Morgan fingerprint density at radius 2 is 2.25 bits per heavy atom. The molecule has 0 bridgehead atoms. The van der Waals surface area contributed by atoms with Gasteiger partial charge in [-0.1, -0.05) is 13.0 Å². The molecule has 0 aliphatic heterocycles. The molecule has 1 atom stereocenters. The SMILES string of the molecule is CCCNC(CCO)COc1ccc2cccnc2c1. The van der Waals surface area contributed by atoms with Gasteiger partial charge in [0, 0.05) is 30.3 Å².